The van der Waals surface area contributed by atoms with Crippen LogP contribution < -0.4 is 5.32 Å². The number of nitrogens with one attached hydrogen (secondary N) is 1. The van der Waals surface area contributed by atoms with Crippen LogP contribution in [0.2, 0.25) is 0 Å². The van der Waals surface area contributed by atoms with E-state index in [0.717, 1.165) is 5.92 Å². The van der Waals surface area contributed by atoms with Gasteiger partial charge in [0.1, 0.15) is 0 Å². The Bertz CT molecular complexity index is 155. The standard InChI is InChI=1S/C13H27N/c1-11(2)14-10-13(3,4)12-8-6-5-7-9-12/h11-12,14H,5-10H2,1-4H3. The van der Waals surface area contributed by atoms with Gasteiger partial charge in [-0.1, -0.05) is 47.0 Å². The molecule has 1 aliphatic rings. The van der Waals surface area contributed by atoms with Crippen molar-refractivity contribution in [2.45, 2.75) is 65.8 Å². The zero-order chi connectivity index (χ0) is 10.6. The van der Waals surface area contributed by atoms with Crippen molar-refractivity contribution < 1.29 is 0 Å². The maximum Gasteiger partial charge on any atom is 0.00106 e. The molecule has 1 aliphatic carbocycles. The monoisotopic (exact) mass is 197 g/mol. The Morgan fingerprint density at radius 2 is 1.71 bits per heavy atom. The molecule has 0 aliphatic heterocycles. The SMILES string of the molecule is CC(C)NCC(C)(C)C1CCCCC1. The first-order valence-corrected chi connectivity index (χ1v) is 6.26. The predicted octanol–water partition coefficient (Wildman–Crippen LogP) is 3.59. The summed E-state index contributed by atoms with van der Waals surface area (Å²) in [7, 11) is 0. The Kier molecular flexibility index (Phi) is 4.43. The van der Waals surface area contributed by atoms with Gasteiger partial charge in [0.2, 0.25) is 0 Å². The van der Waals surface area contributed by atoms with Gasteiger partial charge in [0.25, 0.3) is 0 Å². The van der Waals surface area contributed by atoms with Crippen LogP contribution in [0, 0.1) is 11.3 Å². The van der Waals surface area contributed by atoms with Gasteiger partial charge >= 0.3 is 0 Å². The van der Waals surface area contributed by atoms with E-state index in [9.17, 15) is 0 Å². The maximum atomic E-state index is 3.58. The van der Waals surface area contributed by atoms with E-state index in [4.69, 9.17) is 0 Å². The lowest BCUT2D eigenvalue weighted by atomic mass is 9.71. The van der Waals surface area contributed by atoms with Crippen LogP contribution >= 0.6 is 0 Å². The zero-order valence-electron chi connectivity index (χ0n) is 10.4. The summed E-state index contributed by atoms with van der Waals surface area (Å²) >= 11 is 0. The molecule has 1 fully saturated rings. The molecule has 1 rings (SSSR count). The van der Waals surface area contributed by atoms with Crippen molar-refractivity contribution in [3.8, 4) is 0 Å². The predicted molar refractivity (Wildman–Crippen MR) is 63.5 cm³/mol. The molecular formula is C13H27N. The van der Waals surface area contributed by atoms with Gasteiger partial charge in [0.15, 0.2) is 0 Å². The van der Waals surface area contributed by atoms with E-state index < -0.39 is 0 Å². The minimum Gasteiger partial charge on any atom is -0.314 e. The van der Waals surface area contributed by atoms with Gasteiger partial charge in [-0.25, -0.2) is 0 Å². The van der Waals surface area contributed by atoms with Crippen LogP contribution in [-0.4, -0.2) is 12.6 Å². The van der Waals surface area contributed by atoms with Crippen molar-refractivity contribution in [2.24, 2.45) is 11.3 Å². The van der Waals surface area contributed by atoms with Gasteiger partial charge in [0, 0.05) is 12.6 Å². The average molecular weight is 197 g/mol. The smallest absolute Gasteiger partial charge is 0.00106 e. The van der Waals surface area contributed by atoms with E-state index in [1.54, 1.807) is 0 Å². The minimum atomic E-state index is 0.491. The number of hydrogen-bond acceptors (Lipinski definition) is 1. The topological polar surface area (TPSA) is 12.0 Å². The van der Waals surface area contributed by atoms with Crippen LogP contribution in [0.15, 0.2) is 0 Å². The van der Waals surface area contributed by atoms with E-state index in [1.165, 1.54) is 38.6 Å². The lowest BCUT2D eigenvalue weighted by Gasteiger charge is -2.37. The van der Waals surface area contributed by atoms with Crippen LogP contribution in [0.1, 0.15) is 59.8 Å². The van der Waals surface area contributed by atoms with Gasteiger partial charge in [-0.3, -0.25) is 0 Å². The minimum absolute atomic E-state index is 0.491. The van der Waals surface area contributed by atoms with Gasteiger partial charge in [0.05, 0.1) is 0 Å². The van der Waals surface area contributed by atoms with E-state index in [1.807, 2.05) is 0 Å². The molecule has 84 valence electrons. The van der Waals surface area contributed by atoms with Crippen molar-refractivity contribution >= 4 is 0 Å². The van der Waals surface area contributed by atoms with Gasteiger partial charge < -0.3 is 5.32 Å². The fourth-order valence-electron chi connectivity index (χ4n) is 2.50. The van der Waals surface area contributed by atoms with Crippen molar-refractivity contribution in [3.63, 3.8) is 0 Å². The lowest BCUT2D eigenvalue weighted by Crippen LogP contribution is -2.39. The molecule has 0 radical (unpaired) electrons. The van der Waals surface area contributed by atoms with E-state index in [2.05, 4.69) is 33.0 Å². The molecule has 0 spiro atoms. The summed E-state index contributed by atoms with van der Waals surface area (Å²) in [5.41, 5.74) is 0.491. The first-order valence-electron chi connectivity index (χ1n) is 6.26. The molecule has 0 unspecified atom stereocenters. The van der Waals surface area contributed by atoms with Gasteiger partial charge in [-0.2, -0.15) is 0 Å². The molecular weight excluding hydrogens is 170 g/mol. The zero-order valence-corrected chi connectivity index (χ0v) is 10.4. The van der Waals surface area contributed by atoms with E-state index in [-0.39, 0.29) is 0 Å². The van der Waals surface area contributed by atoms with E-state index >= 15 is 0 Å². The highest BCUT2D eigenvalue weighted by Gasteiger charge is 2.30. The molecule has 0 amide bonds. The second-order valence-electron chi connectivity index (χ2n) is 5.86. The Morgan fingerprint density at radius 1 is 1.14 bits per heavy atom. The maximum absolute atomic E-state index is 3.58. The Labute approximate surface area is 89.7 Å². The highest BCUT2D eigenvalue weighted by atomic mass is 14.9. The summed E-state index contributed by atoms with van der Waals surface area (Å²) in [4.78, 5) is 0. The number of hydrogen-bond donors (Lipinski definition) is 1. The van der Waals surface area contributed by atoms with Crippen molar-refractivity contribution in [1.29, 1.82) is 0 Å². The largest absolute Gasteiger partial charge is 0.314 e. The van der Waals surface area contributed by atoms with Crippen LogP contribution in [0.5, 0.6) is 0 Å². The summed E-state index contributed by atoms with van der Waals surface area (Å²) < 4.78 is 0. The highest BCUT2D eigenvalue weighted by Crippen LogP contribution is 2.37. The summed E-state index contributed by atoms with van der Waals surface area (Å²) in [6.45, 7) is 10.5. The first-order chi connectivity index (χ1) is 6.52. The molecule has 0 atom stereocenters. The number of rotatable bonds is 4. The molecule has 1 N–H and O–H groups in total. The Balaban J connectivity index is 2.37. The molecule has 0 bridgehead atoms. The molecule has 0 aromatic carbocycles. The molecule has 0 saturated heterocycles. The summed E-state index contributed by atoms with van der Waals surface area (Å²) in [5.74, 6) is 0.947. The fraction of sp³-hybridized carbons (Fsp3) is 1.00. The van der Waals surface area contributed by atoms with Crippen LogP contribution in [0.4, 0.5) is 0 Å². The molecule has 1 nitrogen and oxygen atoms in total. The highest BCUT2D eigenvalue weighted by molar-refractivity contribution is 4.83. The molecule has 0 aromatic heterocycles. The molecule has 0 aromatic rings. The second kappa shape index (κ2) is 5.16. The molecule has 14 heavy (non-hydrogen) atoms. The van der Waals surface area contributed by atoms with Crippen molar-refractivity contribution in [1.82, 2.24) is 5.32 Å². The quantitative estimate of drug-likeness (QED) is 0.726. The van der Waals surface area contributed by atoms with Gasteiger partial charge in [-0.15, -0.1) is 0 Å². The third kappa shape index (κ3) is 3.61. The first kappa shape index (κ1) is 12.0. The van der Waals surface area contributed by atoms with Crippen LogP contribution in [-0.2, 0) is 0 Å². The third-order valence-electron chi connectivity index (χ3n) is 3.68. The Morgan fingerprint density at radius 3 is 2.21 bits per heavy atom. The molecule has 0 heterocycles. The normalized spacial score (nSPS) is 20.4. The van der Waals surface area contributed by atoms with Crippen LogP contribution in [0.25, 0.3) is 0 Å². The Hall–Kier alpha value is -0.0400. The van der Waals surface area contributed by atoms with Crippen molar-refractivity contribution in [2.75, 3.05) is 6.54 Å². The lowest BCUT2D eigenvalue weighted by molar-refractivity contribution is 0.151. The fourth-order valence-corrected chi connectivity index (χ4v) is 2.50. The summed E-state index contributed by atoms with van der Waals surface area (Å²) in [6.07, 6.45) is 7.27. The molecule has 1 saturated carbocycles. The summed E-state index contributed by atoms with van der Waals surface area (Å²) in [6, 6.07) is 0.623. The van der Waals surface area contributed by atoms with Gasteiger partial charge in [-0.05, 0) is 24.2 Å². The molecule has 1 heteroatoms. The second-order valence-corrected chi connectivity index (χ2v) is 5.86. The van der Waals surface area contributed by atoms with Crippen LogP contribution in [0.3, 0.4) is 0 Å². The third-order valence-corrected chi connectivity index (χ3v) is 3.68. The van der Waals surface area contributed by atoms with Crippen molar-refractivity contribution in [3.05, 3.63) is 0 Å². The average Bonchev–Trinajstić information content (AvgIpc) is 2.16. The summed E-state index contributed by atoms with van der Waals surface area (Å²) in [5, 5.41) is 3.58. The van der Waals surface area contributed by atoms with E-state index in [0.29, 0.717) is 11.5 Å².